The van der Waals surface area contributed by atoms with Gasteiger partial charge in [-0.05, 0) is 17.7 Å². The van der Waals surface area contributed by atoms with Crippen molar-refractivity contribution in [3.05, 3.63) is 34.3 Å². The van der Waals surface area contributed by atoms with Gasteiger partial charge in [0.1, 0.15) is 12.6 Å². The Bertz CT molecular complexity index is 465. The van der Waals surface area contributed by atoms with E-state index in [0.29, 0.717) is 19.6 Å². The van der Waals surface area contributed by atoms with E-state index < -0.39 is 11.9 Å². The van der Waals surface area contributed by atoms with Gasteiger partial charge in [-0.25, -0.2) is 0 Å². The third-order valence-electron chi connectivity index (χ3n) is 2.70. The minimum atomic E-state index is -0.760. The second-order valence-corrected chi connectivity index (χ2v) is 5.31. The normalized spacial score (nSPS) is 11.9. The van der Waals surface area contributed by atoms with Gasteiger partial charge in [-0.15, -0.1) is 0 Å². The predicted octanol–water partition coefficient (Wildman–Crippen LogP) is 0.625. The van der Waals surface area contributed by atoms with Crippen molar-refractivity contribution >= 4 is 27.7 Å². The Morgan fingerprint density at radius 3 is 2.52 bits per heavy atom. The van der Waals surface area contributed by atoms with Crippen molar-refractivity contribution in [3.63, 3.8) is 0 Å². The van der Waals surface area contributed by atoms with Crippen LogP contribution in [0.25, 0.3) is 0 Å². The van der Waals surface area contributed by atoms with Crippen molar-refractivity contribution in [2.45, 2.75) is 12.5 Å². The van der Waals surface area contributed by atoms with Crippen LogP contribution in [0.15, 0.2) is 28.7 Å². The number of rotatable bonds is 9. The molecular formula is C14H19BrN2O4. The molecule has 0 radical (unpaired) electrons. The highest BCUT2D eigenvalue weighted by Crippen LogP contribution is 2.11. The zero-order valence-electron chi connectivity index (χ0n) is 11.8. The van der Waals surface area contributed by atoms with Crippen LogP contribution in [-0.2, 0) is 25.5 Å². The molecule has 0 heterocycles. The molecule has 1 rings (SSSR count). The van der Waals surface area contributed by atoms with E-state index in [1.165, 1.54) is 0 Å². The Morgan fingerprint density at radius 2 is 1.95 bits per heavy atom. The standard InChI is InChI=1S/C14H19BrN2O4/c1-20-6-7-21-9-13(18)17-12(14(16)19)8-10-2-4-11(15)5-3-10/h2-5,12H,6-9H2,1H3,(H2,16,19)(H,17,18)/t12-/m1/s1. The highest BCUT2D eigenvalue weighted by atomic mass is 79.9. The summed E-state index contributed by atoms with van der Waals surface area (Å²) in [6.07, 6.45) is 0.340. The van der Waals surface area contributed by atoms with Crippen molar-refractivity contribution in [1.29, 1.82) is 0 Å². The molecule has 1 aromatic carbocycles. The average molecular weight is 359 g/mol. The van der Waals surface area contributed by atoms with E-state index in [1.54, 1.807) is 7.11 Å². The van der Waals surface area contributed by atoms with E-state index in [4.69, 9.17) is 15.2 Å². The molecule has 0 saturated heterocycles. The maximum Gasteiger partial charge on any atom is 0.246 e. The number of hydrogen-bond donors (Lipinski definition) is 2. The first-order valence-corrected chi connectivity index (χ1v) is 7.22. The van der Waals surface area contributed by atoms with Crippen LogP contribution in [0.4, 0.5) is 0 Å². The summed E-state index contributed by atoms with van der Waals surface area (Å²) in [5.74, 6) is -0.963. The van der Waals surface area contributed by atoms with Crippen molar-refractivity contribution in [2.75, 3.05) is 26.9 Å². The van der Waals surface area contributed by atoms with E-state index in [-0.39, 0.29) is 12.5 Å². The third kappa shape index (κ3) is 7.22. The molecule has 0 fully saturated rings. The summed E-state index contributed by atoms with van der Waals surface area (Å²) < 4.78 is 10.8. The minimum Gasteiger partial charge on any atom is -0.382 e. The van der Waals surface area contributed by atoms with E-state index in [1.807, 2.05) is 24.3 Å². The highest BCUT2D eigenvalue weighted by Gasteiger charge is 2.18. The molecule has 1 atom stereocenters. The minimum absolute atomic E-state index is 0.131. The number of amides is 2. The number of benzene rings is 1. The Balaban J connectivity index is 2.48. The van der Waals surface area contributed by atoms with Crippen molar-refractivity contribution in [3.8, 4) is 0 Å². The quantitative estimate of drug-likeness (QED) is 0.633. The molecule has 21 heavy (non-hydrogen) atoms. The molecule has 3 N–H and O–H groups in total. The lowest BCUT2D eigenvalue weighted by Crippen LogP contribution is -2.47. The van der Waals surface area contributed by atoms with E-state index >= 15 is 0 Å². The number of ether oxygens (including phenoxy) is 2. The van der Waals surface area contributed by atoms with E-state index in [0.717, 1.165) is 10.0 Å². The summed E-state index contributed by atoms with van der Waals surface area (Å²) in [7, 11) is 1.55. The van der Waals surface area contributed by atoms with E-state index in [9.17, 15) is 9.59 Å². The average Bonchev–Trinajstić information content (AvgIpc) is 2.45. The fourth-order valence-electron chi connectivity index (χ4n) is 1.62. The number of primary amides is 1. The second kappa shape index (κ2) is 9.49. The van der Waals surface area contributed by atoms with Gasteiger partial charge in [-0.2, -0.15) is 0 Å². The van der Waals surface area contributed by atoms with Crippen LogP contribution >= 0.6 is 15.9 Å². The lowest BCUT2D eigenvalue weighted by molar-refractivity contribution is -0.130. The van der Waals surface area contributed by atoms with Crippen LogP contribution in [0, 0.1) is 0 Å². The number of hydrogen-bond acceptors (Lipinski definition) is 4. The second-order valence-electron chi connectivity index (χ2n) is 4.40. The lowest BCUT2D eigenvalue weighted by Gasteiger charge is -2.15. The molecule has 0 aliphatic heterocycles. The molecule has 0 aliphatic carbocycles. The van der Waals surface area contributed by atoms with Crippen LogP contribution in [0.1, 0.15) is 5.56 Å². The van der Waals surface area contributed by atoms with Gasteiger partial charge >= 0.3 is 0 Å². The molecule has 2 amide bonds. The monoisotopic (exact) mass is 358 g/mol. The fraction of sp³-hybridized carbons (Fsp3) is 0.429. The van der Waals surface area contributed by atoms with E-state index in [2.05, 4.69) is 21.2 Å². The molecular weight excluding hydrogens is 340 g/mol. The molecule has 0 saturated carbocycles. The first-order valence-electron chi connectivity index (χ1n) is 6.42. The summed E-state index contributed by atoms with van der Waals surface area (Å²) in [6.45, 7) is 0.594. The van der Waals surface area contributed by atoms with Gasteiger partial charge in [0.15, 0.2) is 0 Å². The number of halogens is 1. The molecule has 6 nitrogen and oxygen atoms in total. The Labute approximate surface area is 132 Å². The molecule has 1 aromatic rings. The largest absolute Gasteiger partial charge is 0.382 e. The van der Waals surface area contributed by atoms with Gasteiger partial charge in [0.25, 0.3) is 0 Å². The fourth-order valence-corrected chi connectivity index (χ4v) is 1.89. The molecule has 0 spiro atoms. The number of nitrogens with two attached hydrogens (primary N) is 1. The Hall–Kier alpha value is -1.44. The number of carbonyl (C=O) groups excluding carboxylic acids is 2. The number of carbonyl (C=O) groups is 2. The van der Waals surface area contributed by atoms with Crippen molar-refractivity contribution < 1.29 is 19.1 Å². The first kappa shape index (κ1) is 17.6. The Morgan fingerprint density at radius 1 is 1.29 bits per heavy atom. The van der Waals surface area contributed by atoms with Gasteiger partial charge in [-0.1, -0.05) is 28.1 Å². The summed E-state index contributed by atoms with van der Waals surface area (Å²) in [4.78, 5) is 23.1. The third-order valence-corrected chi connectivity index (χ3v) is 3.23. The van der Waals surface area contributed by atoms with Crippen molar-refractivity contribution in [1.82, 2.24) is 5.32 Å². The smallest absolute Gasteiger partial charge is 0.246 e. The van der Waals surface area contributed by atoms with Gasteiger partial charge in [0.2, 0.25) is 11.8 Å². The molecule has 7 heteroatoms. The van der Waals surface area contributed by atoms with Crippen LogP contribution < -0.4 is 11.1 Å². The summed E-state index contributed by atoms with van der Waals surface area (Å²) in [5.41, 5.74) is 6.22. The van der Waals surface area contributed by atoms with Crippen LogP contribution in [0.5, 0.6) is 0 Å². The van der Waals surface area contributed by atoms with Crippen LogP contribution in [-0.4, -0.2) is 44.8 Å². The highest BCUT2D eigenvalue weighted by molar-refractivity contribution is 9.10. The molecule has 116 valence electrons. The first-order chi connectivity index (χ1) is 10.0. The number of methoxy groups -OCH3 is 1. The topological polar surface area (TPSA) is 90.7 Å². The molecule has 0 aromatic heterocycles. The molecule has 0 bridgehead atoms. The molecule has 0 aliphatic rings. The maximum atomic E-state index is 11.7. The van der Waals surface area contributed by atoms with Crippen LogP contribution in [0.3, 0.4) is 0 Å². The SMILES string of the molecule is COCCOCC(=O)N[C@H](Cc1ccc(Br)cc1)C(N)=O. The molecule has 0 unspecified atom stereocenters. The zero-order chi connectivity index (χ0) is 15.7. The maximum absolute atomic E-state index is 11.7. The van der Waals surface area contributed by atoms with Crippen molar-refractivity contribution in [2.24, 2.45) is 5.73 Å². The number of nitrogens with one attached hydrogen (secondary N) is 1. The van der Waals surface area contributed by atoms with Gasteiger partial charge in [-0.3, -0.25) is 9.59 Å². The van der Waals surface area contributed by atoms with Gasteiger partial charge in [0.05, 0.1) is 13.2 Å². The van der Waals surface area contributed by atoms with Gasteiger partial charge in [0, 0.05) is 18.0 Å². The predicted molar refractivity (Wildman–Crippen MR) is 81.7 cm³/mol. The summed E-state index contributed by atoms with van der Waals surface area (Å²) in [6, 6.07) is 6.69. The Kier molecular flexibility index (Phi) is 7.96. The summed E-state index contributed by atoms with van der Waals surface area (Å²) >= 11 is 3.33. The summed E-state index contributed by atoms with van der Waals surface area (Å²) in [5, 5.41) is 2.57. The zero-order valence-corrected chi connectivity index (χ0v) is 13.4. The van der Waals surface area contributed by atoms with Gasteiger partial charge < -0.3 is 20.5 Å². The van der Waals surface area contributed by atoms with Crippen LogP contribution in [0.2, 0.25) is 0 Å². The lowest BCUT2D eigenvalue weighted by atomic mass is 10.1.